The van der Waals surface area contributed by atoms with Gasteiger partial charge in [0.05, 0.1) is 5.75 Å². The Morgan fingerprint density at radius 2 is 1.80 bits per heavy atom. The Labute approximate surface area is 152 Å². The number of piperazine rings is 1. The Morgan fingerprint density at radius 3 is 2.48 bits per heavy atom. The lowest BCUT2D eigenvalue weighted by Crippen LogP contribution is -2.48. The summed E-state index contributed by atoms with van der Waals surface area (Å²) >= 11 is 1.59. The van der Waals surface area contributed by atoms with E-state index < -0.39 is 10.0 Å². The maximum absolute atomic E-state index is 13.9. The van der Waals surface area contributed by atoms with Crippen molar-refractivity contribution in [2.24, 2.45) is 0 Å². The number of benzene rings is 1. The van der Waals surface area contributed by atoms with Gasteiger partial charge in [-0.3, -0.25) is 4.90 Å². The SMILES string of the molecule is CCCS(=O)(=O)N1CCN(Cc2ccc(-c3ccccc3F)s2)CC1. The molecular weight excluding hydrogens is 359 g/mol. The van der Waals surface area contributed by atoms with E-state index in [9.17, 15) is 12.8 Å². The van der Waals surface area contributed by atoms with Gasteiger partial charge in [0, 0.05) is 48.0 Å². The van der Waals surface area contributed by atoms with Gasteiger partial charge in [-0.05, 0) is 24.6 Å². The number of sulfonamides is 1. The summed E-state index contributed by atoms with van der Waals surface area (Å²) in [4.78, 5) is 4.36. The smallest absolute Gasteiger partial charge is 0.214 e. The molecule has 0 radical (unpaired) electrons. The molecule has 0 atom stereocenters. The first-order valence-corrected chi connectivity index (χ1v) is 11.0. The van der Waals surface area contributed by atoms with Gasteiger partial charge in [0.2, 0.25) is 10.0 Å². The highest BCUT2D eigenvalue weighted by molar-refractivity contribution is 7.89. The van der Waals surface area contributed by atoms with Crippen LogP contribution in [0.3, 0.4) is 0 Å². The molecule has 0 aliphatic carbocycles. The van der Waals surface area contributed by atoms with Gasteiger partial charge in [-0.25, -0.2) is 12.8 Å². The minimum absolute atomic E-state index is 0.203. The van der Waals surface area contributed by atoms with Crippen molar-refractivity contribution in [1.82, 2.24) is 9.21 Å². The van der Waals surface area contributed by atoms with Crippen LogP contribution in [0.25, 0.3) is 10.4 Å². The Kier molecular flexibility index (Phi) is 5.89. The predicted molar refractivity (Wildman–Crippen MR) is 101 cm³/mol. The molecular formula is C18H23FN2O2S2. The maximum Gasteiger partial charge on any atom is 0.214 e. The first-order chi connectivity index (χ1) is 12.0. The molecule has 0 spiro atoms. The zero-order chi connectivity index (χ0) is 17.9. The lowest BCUT2D eigenvalue weighted by atomic mass is 10.2. The lowest BCUT2D eigenvalue weighted by Gasteiger charge is -2.33. The van der Waals surface area contributed by atoms with Crippen LogP contribution in [0, 0.1) is 5.82 Å². The third-order valence-corrected chi connectivity index (χ3v) is 7.55. The van der Waals surface area contributed by atoms with E-state index in [1.807, 2.05) is 25.1 Å². The van der Waals surface area contributed by atoms with Gasteiger partial charge in [0.25, 0.3) is 0 Å². The van der Waals surface area contributed by atoms with Gasteiger partial charge in [0.15, 0.2) is 0 Å². The fraction of sp³-hybridized carbons (Fsp3) is 0.444. The molecule has 136 valence electrons. The highest BCUT2D eigenvalue weighted by Gasteiger charge is 2.26. The van der Waals surface area contributed by atoms with E-state index in [1.165, 1.54) is 10.9 Å². The molecule has 2 heterocycles. The topological polar surface area (TPSA) is 40.6 Å². The normalized spacial score (nSPS) is 17.0. The van der Waals surface area contributed by atoms with Gasteiger partial charge >= 0.3 is 0 Å². The van der Waals surface area contributed by atoms with Crippen LogP contribution < -0.4 is 0 Å². The lowest BCUT2D eigenvalue weighted by molar-refractivity contribution is 0.183. The second kappa shape index (κ2) is 7.95. The van der Waals surface area contributed by atoms with Crippen LogP contribution in [0.1, 0.15) is 18.2 Å². The van der Waals surface area contributed by atoms with Crippen molar-refractivity contribution in [2.45, 2.75) is 19.9 Å². The first kappa shape index (κ1) is 18.5. The van der Waals surface area contributed by atoms with E-state index in [0.717, 1.165) is 24.5 Å². The molecule has 1 aliphatic heterocycles. The van der Waals surface area contributed by atoms with Crippen LogP contribution in [-0.4, -0.2) is 49.6 Å². The van der Waals surface area contributed by atoms with Crippen LogP contribution in [0.2, 0.25) is 0 Å². The Balaban J connectivity index is 1.59. The minimum atomic E-state index is -3.10. The highest BCUT2D eigenvalue weighted by Crippen LogP contribution is 2.30. The zero-order valence-corrected chi connectivity index (χ0v) is 16.0. The van der Waals surface area contributed by atoms with Crippen molar-refractivity contribution in [1.29, 1.82) is 0 Å². The molecule has 1 aromatic heterocycles. The maximum atomic E-state index is 13.9. The van der Waals surface area contributed by atoms with Gasteiger partial charge < -0.3 is 0 Å². The molecule has 0 saturated carbocycles. The summed E-state index contributed by atoms with van der Waals surface area (Å²) in [5, 5.41) is 0. The number of hydrogen-bond acceptors (Lipinski definition) is 4. The number of thiophene rings is 1. The summed E-state index contributed by atoms with van der Waals surface area (Å²) in [7, 11) is -3.10. The summed E-state index contributed by atoms with van der Waals surface area (Å²) < 4.78 is 39.7. The average molecular weight is 383 g/mol. The molecule has 1 aliphatic rings. The van der Waals surface area contributed by atoms with Crippen molar-refractivity contribution in [3.63, 3.8) is 0 Å². The average Bonchev–Trinajstić information content (AvgIpc) is 3.04. The van der Waals surface area contributed by atoms with Crippen molar-refractivity contribution in [3.8, 4) is 10.4 Å². The minimum Gasteiger partial charge on any atom is -0.296 e. The van der Waals surface area contributed by atoms with Crippen LogP contribution in [-0.2, 0) is 16.6 Å². The van der Waals surface area contributed by atoms with E-state index in [0.29, 0.717) is 25.1 Å². The molecule has 1 aromatic carbocycles. The van der Waals surface area contributed by atoms with Gasteiger partial charge in [-0.1, -0.05) is 25.1 Å². The molecule has 3 rings (SSSR count). The molecule has 4 nitrogen and oxygen atoms in total. The zero-order valence-electron chi connectivity index (χ0n) is 14.3. The van der Waals surface area contributed by atoms with Gasteiger partial charge in [-0.15, -0.1) is 11.3 Å². The monoisotopic (exact) mass is 382 g/mol. The summed E-state index contributed by atoms with van der Waals surface area (Å²) in [6, 6.07) is 10.8. The standard InChI is InChI=1S/C18H23FN2O2S2/c1-2-13-25(22,23)21-11-9-20(10-12-21)14-15-7-8-18(24-15)16-5-3-4-6-17(16)19/h3-8H,2,9-14H2,1H3. The summed E-state index contributed by atoms with van der Waals surface area (Å²) in [6.45, 7) is 5.23. The fourth-order valence-electron chi connectivity index (χ4n) is 3.04. The molecule has 1 saturated heterocycles. The number of rotatable bonds is 6. The second-order valence-electron chi connectivity index (χ2n) is 6.24. The fourth-order valence-corrected chi connectivity index (χ4v) is 5.61. The van der Waals surface area contributed by atoms with Crippen molar-refractivity contribution < 1.29 is 12.8 Å². The van der Waals surface area contributed by atoms with Gasteiger partial charge in [-0.2, -0.15) is 4.31 Å². The highest BCUT2D eigenvalue weighted by atomic mass is 32.2. The molecule has 2 aromatic rings. The second-order valence-corrected chi connectivity index (χ2v) is 9.49. The van der Waals surface area contributed by atoms with Crippen molar-refractivity contribution in [2.75, 3.05) is 31.9 Å². The summed E-state index contributed by atoms with van der Waals surface area (Å²) in [5.74, 6) is 0.0230. The molecule has 25 heavy (non-hydrogen) atoms. The summed E-state index contributed by atoms with van der Waals surface area (Å²) in [6.07, 6.45) is 0.649. The number of hydrogen-bond donors (Lipinski definition) is 0. The molecule has 1 fully saturated rings. The van der Waals surface area contributed by atoms with Crippen LogP contribution >= 0.6 is 11.3 Å². The van der Waals surface area contributed by atoms with Crippen molar-refractivity contribution >= 4 is 21.4 Å². The largest absolute Gasteiger partial charge is 0.296 e. The van der Waals surface area contributed by atoms with E-state index in [-0.39, 0.29) is 11.6 Å². The van der Waals surface area contributed by atoms with Crippen molar-refractivity contribution in [3.05, 3.63) is 47.1 Å². The van der Waals surface area contributed by atoms with Crippen LogP contribution in [0.15, 0.2) is 36.4 Å². The molecule has 0 N–H and O–H groups in total. The Hall–Kier alpha value is -1.28. The first-order valence-electron chi connectivity index (χ1n) is 8.53. The number of nitrogens with zero attached hydrogens (tertiary/aromatic N) is 2. The van der Waals surface area contributed by atoms with Crippen LogP contribution in [0.5, 0.6) is 0 Å². The number of halogens is 1. The van der Waals surface area contributed by atoms with E-state index in [4.69, 9.17) is 0 Å². The molecule has 0 amide bonds. The summed E-state index contributed by atoms with van der Waals surface area (Å²) in [5.41, 5.74) is 0.634. The predicted octanol–water partition coefficient (Wildman–Crippen LogP) is 3.41. The quantitative estimate of drug-likeness (QED) is 0.769. The third kappa shape index (κ3) is 4.47. The van der Waals surface area contributed by atoms with E-state index >= 15 is 0 Å². The third-order valence-electron chi connectivity index (χ3n) is 4.37. The molecule has 0 unspecified atom stereocenters. The molecule has 7 heteroatoms. The van der Waals surface area contributed by atoms with E-state index in [2.05, 4.69) is 4.90 Å². The molecule has 0 bridgehead atoms. The van der Waals surface area contributed by atoms with Crippen LogP contribution in [0.4, 0.5) is 4.39 Å². The van der Waals surface area contributed by atoms with E-state index in [1.54, 1.807) is 27.8 Å². The van der Waals surface area contributed by atoms with Gasteiger partial charge in [0.1, 0.15) is 5.82 Å². The Morgan fingerprint density at radius 1 is 1.08 bits per heavy atom. The Bertz CT molecular complexity index is 812.